The molecule has 0 spiro atoms. The summed E-state index contributed by atoms with van der Waals surface area (Å²) in [6.07, 6.45) is 5.69. The lowest BCUT2D eigenvalue weighted by atomic mass is 10.1. The van der Waals surface area contributed by atoms with Crippen molar-refractivity contribution >= 4 is 46.1 Å². The zero-order chi connectivity index (χ0) is 25.5. The number of aromatic nitrogens is 4. The van der Waals surface area contributed by atoms with Crippen molar-refractivity contribution in [3.63, 3.8) is 0 Å². The second-order valence-electron chi connectivity index (χ2n) is 9.53. The van der Waals surface area contributed by atoms with Crippen LogP contribution >= 0.6 is 23.2 Å². The minimum Gasteiger partial charge on any atom is -0.497 e. The number of halogens is 2. The minimum absolute atomic E-state index is 0.102. The molecule has 2 aliphatic rings. The number of fused-ring (bicyclic) bond motifs is 1. The molecule has 1 saturated heterocycles. The summed E-state index contributed by atoms with van der Waals surface area (Å²) >= 11 is 12.5. The van der Waals surface area contributed by atoms with Gasteiger partial charge < -0.3 is 15.0 Å². The Kier molecular flexibility index (Phi) is 6.38. The Balaban J connectivity index is 1.36. The van der Waals surface area contributed by atoms with E-state index in [0.29, 0.717) is 39.9 Å². The van der Waals surface area contributed by atoms with Crippen LogP contribution in [0, 0.1) is 5.92 Å². The van der Waals surface area contributed by atoms with Crippen molar-refractivity contribution in [1.29, 1.82) is 0 Å². The van der Waals surface area contributed by atoms with Crippen LogP contribution in [0.25, 0.3) is 28.2 Å². The first-order chi connectivity index (χ1) is 18.0. The largest absolute Gasteiger partial charge is 0.497 e. The smallest absolute Gasteiger partial charge is 0.225 e. The third kappa shape index (κ3) is 4.83. The quantitative estimate of drug-likeness (QED) is 0.344. The fourth-order valence-electron chi connectivity index (χ4n) is 4.86. The molecule has 1 unspecified atom stereocenters. The number of nitrogens with zero attached hydrogens (tertiary/aromatic N) is 5. The van der Waals surface area contributed by atoms with E-state index in [0.717, 1.165) is 48.8 Å². The lowest BCUT2D eigenvalue weighted by molar-refractivity contribution is -0.133. The van der Waals surface area contributed by atoms with Gasteiger partial charge in [0, 0.05) is 42.9 Å². The average molecular weight is 537 g/mol. The summed E-state index contributed by atoms with van der Waals surface area (Å²) in [5, 5.41) is 4.39. The highest BCUT2D eigenvalue weighted by atomic mass is 35.5. The molecule has 6 rings (SSSR count). The molecule has 1 N–H and O–H groups in total. The third-order valence-electron chi connectivity index (χ3n) is 6.90. The Labute approximate surface area is 224 Å². The summed E-state index contributed by atoms with van der Waals surface area (Å²) < 4.78 is 7.39. The van der Waals surface area contributed by atoms with Crippen LogP contribution in [0.15, 0.2) is 48.7 Å². The number of methoxy groups -OCH3 is 1. The van der Waals surface area contributed by atoms with E-state index >= 15 is 0 Å². The molecule has 3 heterocycles. The van der Waals surface area contributed by atoms with Crippen molar-refractivity contribution in [2.75, 3.05) is 25.5 Å². The third-order valence-corrected chi connectivity index (χ3v) is 7.64. The Bertz CT molecular complexity index is 1490. The van der Waals surface area contributed by atoms with E-state index in [2.05, 4.69) is 10.3 Å². The van der Waals surface area contributed by atoms with Gasteiger partial charge in [-0.3, -0.25) is 9.36 Å². The zero-order valence-electron chi connectivity index (χ0n) is 20.3. The van der Waals surface area contributed by atoms with Crippen LogP contribution in [0.1, 0.15) is 25.7 Å². The molecule has 37 heavy (non-hydrogen) atoms. The molecule has 2 aromatic carbocycles. The topological polar surface area (TPSA) is 85.2 Å². The van der Waals surface area contributed by atoms with E-state index in [1.165, 1.54) is 0 Å². The van der Waals surface area contributed by atoms with Crippen molar-refractivity contribution in [1.82, 2.24) is 24.4 Å². The molecular weight excluding hydrogens is 511 g/mol. The van der Waals surface area contributed by atoms with E-state index in [-0.39, 0.29) is 17.9 Å². The highest BCUT2D eigenvalue weighted by molar-refractivity contribution is 6.42. The fraction of sp³-hybridized carbons (Fsp3) is 0.333. The van der Waals surface area contributed by atoms with Gasteiger partial charge >= 0.3 is 0 Å². The van der Waals surface area contributed by atoms with E-state index in [1.807, 2.05) is 39.8 Å². The first-order valence-electron chi connectivity index (χ1n) is 12.4. The van der Waals surface area contributed by atoms with Gasteiger partial charge in [0.15, 0.2) is 0 Å². The van der Waals surface area contributed by atoms with Gasteiger partial charge in [-0.1, -0.05) is 23.2 Å². The number of rotatable bonds is 6. The normalized spacial score (nSPS) is 17.7. The number of imidazole rings is 1. The summed E-state index contributed by atoms with van der Waals surface area (Å²) in [7, 11) is 1.63. The maximum atomic E-state index is 12.6. The molecule has 1 atom stereocenters. The molecule has 2 fully saturated rings. The van der Waals surface area contributed by atoms with Crippen LogP contribution in [-0.4, -0.2) is 56.6 Å². The SMILES string of the molecule is COc1ccc2c(c1)nc(-c1ccc(Cl)c(Cl)c1)n2-c1ccnc(NC2CCCN(C(=O)C3CC3)C2)n1. The molecule has 4 aromatic rings. The summed E-state index contributed by atoms with van der Waals surface area (Å²) in [6, 6.07) is 13.1. The number of anilines is 1. The predicted molar refractivity (Wildman–Crippen MR) is 145 cm³/mol. The van der Waals surface area contributed by atoms with Crippen molar-refractivity contribution in [3.8, 4) is 23.0 Å². The van der Waals surface area contributed by atoms with Gasteiger partial charge in [-0.2, -0.15) is 4.98 Å². The Morgan fingerprint density at radius 2 is 1.92 bits per heavy atom. The van der Waals surface area contributed by atoms with Crippen LogP contribution in [0.2, 0.25) is 10.0 Å². The summed E-state index contributed by atoms with van der Waals surface area (Å²) in [5.74, 6) is 3.07. The van der Waals surface area contributed by atoms with E-state index in [1.54, 1.807) is 25.4 Å². The standard InChI is InChI=1S/C27H26Cl2N6O2/c1-37-19-7-9-23-22(14-19)32-25(17-6-8-20(28)21(29)13-17)35(23)24-10-11-30-27(33-24)31-18-3-2-12-34(15-18)26(36)16-4-5-16/h6-11,13-14,16,18H,2-5,12,15H2,1H3,(H,30,31,33). The number of hydrogen-bond acceptors (Lipinski definition) is 6. The summed E-state index contributed by atoms with van der Waals surface area (Å²) in [4.78, 5) is 28.8. The number of nitrogens with one attached hydrogen (secondary N) is 1. The van der Waals surface area contributed by atoms with Crippen molar-refractivity contribution in [3.05, 3.63) is 58.7 Å². The Morgan fingerprint density at radius 1 is 1.05 bits per heavy atom. The first kappa shape index (κ1) is 24.0. The van der Waals surface area contributed by atoms with Crippen LogP contribution in [-0.2, 0) is 4.79 Å². The number of likely N-dealkylation sites (tertiary alicyclic amines) is 1. The van der Waals surface area contributed by atoms with Crippen molar-refractivity contribution in [2.45, 2.75) is 31.7 Å². The second kappa shape index (κ2) is 9.84. The summed E-state index contributed by atoms with van der Waals surface area (Å²) in [5.41, 5.74) is 2.43. The van der Waals surface area contributed by atoms with Gasteiger partial charge in [0.05, 0.1) is 28.2 Å². The highest BCUT2D eigenvalue weighted by Crippen LogP contribution is 2.34. The molecule has 1 aliphatic heterocycles. The van der Waals surface area contributed by atoms with Gasteiger partial charge in [-0.25, -0.2) is 9.97 Å². The van der Waals surface area contributed by atoms with Crippen LogP contribution < -0.4 is 10.1 Å². The molecule has 190 valence electrons. The van der Waals surface area contributed by atoms with Crippen molar-refractivity contribution < 1.29 is 9.53 Å². The van der Waals surface area contributed by atoms with Gasteiger partial charge in [0.25, 0.3) is 0 Å². The van der Waals surface area contributed by atoms with Gasteiger partial charge in [0.2, 0.25) is 11.9 Å². The van der Waals surface area contributed by atoms with Crippen LogP contribution in [0.4, 0.5) is 5.95 Å². The fourth-order valence-corrected chi connectivity index (χ4v) is 5.16. The minimum atomic E-state index is 0.102. The van der Waals surface area contributed by atoms with Crippen molar-refractivity contribution in [2.24, 2.45) is 5.92 Å². The molecule has 0 bridgehead atoms. The number of carbonyl (C=O) groups excluding carboxylic acids is 1. The van der Waals surface area contributed by atoms with Gasteiger partial charge in [0.1, 0.15) is 17.4 Å². The highest BCUT2D eigenvalue weighted by Gasteiger charge is 2.35. The molecule has 10 heteroatoms. The molecule has 1 saturated carbocycles. The Morgan fingerprint density at radius 3 is 2.70 bits per heavy atom. The number of carbonyl (C=O) groups is 1. The first-order valence-corrected chi connectivity index (χ1v) is 13.2. The van der Waals surface area contributed by atoms with Crippen LogP contribution in [0.3, 0.4) is 0 Å². The van der Waals surface area contributed by atoms with E-state index in [4.69, 9.17) is 37.9 Å². The second-order valence-corrected chi connectivity index (χ2v) is 10.3. The van der Waals surface area contributed by atoms with Gasteiger partial charge in [-0.05, 0) is 62.1 Å². The lowest BCUT2D eigenvalue weighted by Crippen LogP contribution is -2.45. The number of amides is 1. The monoisotopic (exact) mass is 536 g/mol. The number of ether oxygens (including phenoxy) is 1. The van der Waals surface area contributed by atoms with Crippen LogP contribution in [0.5, 0.6) is 5.75 Å². The lowest BCUT2D eigenvalue weighted by Gasteiger charge is -2.33. The predicted octanol–water partition coefficient (Wildman–Crippen LogP) is 5.61. The number of piperidine rings is 1. The zero-order valence-corrected chi connectivity index (χ0v) is 21.8. The number of hydrogen-bond donors (Lipinski definition) is 1. The molecule has 8 nitrogen and oxygen atoms in total. The Hall–Kier alpha value is -3.36. The molecule has 2 aromatic heterocycles. The van der Waals surface area contributed by atoms with E-state index < -0.39 is 0 Å². The molecule has 0 radical (unpaired) electrons. The van der Waals surface area contributed by atoms with E-state index in [9.17, 15) is 4.79 Å². The molecule has 1 aliphatic carbocycles. The maximum absolute atomic E-state index is 12.6. The van der Waals surface area contributed by atoms with Gasteiger partial charge in [-0.15, -0.1) is 0 Å². The number of benzene rings is 2. The summed E-state index contributed by atoms with van der Waals surface area (Å²) in [6.45, 7) is 1.50. The average Bonchev–Trinajstić information content (AvgIpc) is 3.70. The molecule has 1 amide bonds. The molecular formula is C27H26Cl2N6O2. The maximum Gasteiger partial charge on any atom is 0.225 e.